The summed E-state index contributed by atoms with van der Waals surface area (Å²) in [5.74, 6) is 0. The minimum absolute atomic E-state index is 0.453. The molecule has 10 rings (SSSR count). The Hall–Kier alpha value is 1.73. The van der Waals surface area contributed by atoms with Gasteiger partial charge in [-0.15, -0.1) is 0 Å². The quantitative estimate of drug-likeness (QED) is 0.196. The predicted octanol–water partition coefficient (Wildman–Crippen LogP) is 7.79. The van der Waals surface area contributed by atoms with Crippen LogP contribution in [0.3, 0.4) is 0 Å². The summed E-state index contributed by atoms with van der Waals surface area (Å²) in [4.78, 5) is 0. The van der Waals surface area contributed by atoms with Crippen LogP contribution in [0.1, 0.15) is 53.4 Å². The van der Waals surface area contributed by atoms with Gasteiger partial charge in [-0.1, -0.05) is 0 Å². The van der Waals surface area contributed by atoms with Gasteiger partial charge in [-0.3, -0.25) is 0 Å². The van der Waals surface area contributed by atoms with E-state index in [0.29, 0.717) is 15.8 Å². The Balaban J connectivity index is 1.32. The van der Waals surface area contributed by atoms with Crippen LogP contribution < -0.4 is 0 Å². The van der Waals surface area contributed by atoms with Gasteiger partial charge in [0.2, 0.25) is 0 Å². The summed E-state index contributed by atoms with van der Waals surface area (Å²) in [5.41, 5.74) is 0. The summed E-state index contributed by atoms with van der Waals surface area (Å²) in [6.45, 7) is 10.1. The molecule has 10 aliphatic rings. The summed E-state index contributed by atoms with van der Waals surface area (Å²) in [6.07, 6.45) is 13.0. The normalized spacial score (nSPS) is 88.4. The molecule has 4 unspecified atom stereocenters. The van der Waals surface area contributed by atoms with Crippen LogP contribution in [0.5, 0.6) is 0 Å². The molecule has 0 aromatic heterocycles. The van der Waals surface area contributed by atoms with E-state index in [1.165, 1.54) is 31.5 Å². The Morgan fingerprint density at radius 1 is 0.560 bits per heavy atom. The minimum atomic E-state index is -3.75. The van der Waals surface area contributed by atoms with Crippen molar-refractivity contribution in [2.45, 2.75) is 88.6 Å². The van der Waals surface area contributed by atoms with Gasteiger partial charge in [0.25, 0.3) is 0 Å². The zero-order valence-corrected chi connectivity index (χ0v) is 22.1. The molecule has 0 radical (unpaired) electrons. The SMILES string of the molecule is CCCP(CCC)[C]12[CH]3[CH]4[CH]5[C]1(P(CCC)CCC)[Hf]43521678[CH]2[CH]1[CH]6[CH]7[CH]28. The monoisotopic (exact) mass is 542 g/mol. The fourth-order valence-electron chi connectivity index (χ4n) is 28.2. The average molecular weight is 541 g/mol. The zero-order chi connectivity index (χ0) is 16.7. The van der Waals surface area contributed by atoms with Crippen LogP contribution in [0.2, 0.25) is 29.4 Å². The summed E-state index contributed by atoms with van der Waals surface area (Å²) in [5, 5.41) is 0. The summed E-state index contributed by atoms with van der Waals surface area (Å²) < 4.78 is 15.2. The summed E-state index contributed by atoms with van der Waals surface area (Å²) >= 11 is -3.75. The van der Waals surface area contributed by atoms with E-state index < -0.39 is 11.2 Å². The molecule has 0 aliphatic carbocycles. The molecule has 138 valence electrons. The third-order valence-electron chi connectivity index (χ3n) is 23.2. The Bertz CT molecular complexity index is 1020. The summed E-state index contributed by atoms with van der Waals surface area (Å²) in [7, 11) is 0.905. The van der Waals surface area contributed by atoms with Gasteiger partial charge in [0.1, 0.15) is 0 Å². The predicted molar refractivity (Wildman–Crippen MR) is 110 cm³/mol. The van der Waals surface area contributed by atoms with Gasteiger partial charge < -0.3 is 0 Å². The van der Waals surface area contributed by atoms with E-state index in [1.54, 1.807) is 54.0 Å². The van der Waals surface area contributed by atoms with Crippen LogP contribution in [0.15, 0.2) is 0 Å². The molecule has 0 saturated carbocycles. The molecule has 0 N–H and O–H groups in total. The van der Waals surface area contributed by atoms with Crippen molar-refractivity contribution in [3.8, 4) is 0 Å². The van der Waals surface area contributed by atoms with Crippen molar-refractivity contribution in [1.82, 2.24) is 0 Å². The van der Waals surface area contributed by atoms with Gasteiger partial charge in [-0.25, -0.2) is 0 Å². The molecule has 10 heterocycles. The molecule has 0 amide bonds. The van der Waals surface area contributed by atoms with Crippen molar-refractivity contribution in [1.29, 1.82) is 0 Å². The van der Waals surface area contributed by atoms with E-state index in [1.807, 2.05) is 0 Å². The first-order valence-corrected chi connectivity index (χ1v) is 36.1. The molecular formula is C22H36HfP2. The molecule has 0 bridgehead atoms. The average Bonchev–Trinajstić information content (AvgIpc) is 3.54. The second-order valence-corrected chi connectivity index (χ2v) is 101. The molecule has 1 spiro atoms. The van der Waals surface area contributed by atoms with E-state index in [0.717, 1.165) is 0 Å². The Labute approximate surface area is 139 Å². The first-order chi connectivity index (χ1) is 12.0. The van der Waals surface area contributed by atoms with Gasteiger partial charge in [0.05, 0.1) is 0 Å². The third kappa shape index (κ3) is 0.227. The number of rotatable bonds is 10. The molecule has 10 fully saturated rings. The van der Waals surface area contributed by atoms with Crippen molar-refractivity contribution < 1.29 is 11.2 Å². The van der Waals surface area contributed by atoms with E-state index in [4.69, 9.17) is 0 Å². The van der Waals surface area contributed by atoms with Gasteiger partial charge >= 0.3 is 140 Å². The van der Waals surface area contributed by atoms with Crippen LogP contribution >= 0.6 is 15.8 Å². The van der Waals surface area contributed by atoms with Crippen LogP contribution in [0, 0.1) is 0 Å². The first kappa shape index (κ1) is 13.9. The molecule has 3 heteroatoms. The van der Waals surface area contributed by atoms with Crippen molar-refractivity contribution in [2.24, 2.45) is 0 Å². The Morgan fingerprint density at radius 2 is 0.880 bits per heavy atom. The van der Waals surface area contributed by atoms with Gasteiger partial charge in [0.15, 0.2) is 0 Å². The molecule has 25 heavy (non-hydrogen) atoms. The molecule has 0 aromatic rings. The zero-order valence-electron chi connectivity index (χ0n) is 16.7. The fraction of sp³-hybridized carbons (Fsp3) is 1.00. The van der Waals surface area contributed by atoms with Gasteiger partial charge in [-0.2, -0.15) is 0 Å². The third-order valence-corrected chi connectivity index (χ3v) is 196. The van der Waals surface area contributed by atoms with Crippen LogP contribution in [-0.4, -0.2) is 30.5 Å². The number of hydrogen-bond acceptors (Lipinski definition) is 0. The first-order valence-electron chi connectivity index (χ1n) is 12.5. The van der Waals surface area contributed by atoms with Crippen molar-refractivity contribution in [2.75, 3.05) is 24.6 Å². The maximum atomic E-state index is 2.54. The van der Waals surface area contributed by atoms with Gasteiger partial charge in [0, 0.05) is 0 Å². The van der Waals surface area contributed by atoms with E-state index >= 15 is 0 Å². The standard InChI is InChI=1S/C17H31P2.C5H5.Hf/c1-5-12-18(13-6-2)16-10-9-11-17(16)19(14-7-3)15-8-4;1-2-4-5-3-1;/h9-11H,5-8,12-15H2,1-4H3;1-5H;. The topological polar surface area (TPSA) is 0 Å². The van der Waals surface area contributed by atoms with Crippen LogP contribution in [0.4, 0.5) is 0 Å². The molecule has 10 aliphatic heterocycles. The Kier molecular flexibility index (Phi) is 0.932. The van der Waals surface area contributed by atoms with E-state index in [2.05, 4.69) is 27.7 Å². The molecule has 0 aromatic carbocycles. The molecule has 4 atom stereocenters. The summed E-state index contributed by atoms with van der Waals surface area (Å²) in [6, 6.07) is 0. The molecule has 10 saturated heterocycles. The fourth-order valence-corrected chi connectivity index (χ4v) is 502. The van der Waals surface area contributed by atoms with E-state index in [-0.39, 0.29) is 0 Å². The van der Waals surface area contributed by atoms with Crippen LogP contribution in [-0.2, 0) is 11.2 Å². The second kappa shape index (κ2) is 1.68. The van der Waals surface area contributed by atoms with Crippen LogP contribution in [0.25, 0.3) is 0 Å². The number of fused-ring (bicyclic) bond motifs is 10. The Morgan fingerprint density at radius 3 is 1.08 bits per heavy atom. The second-order valence-electron chi connectivity index (χ2n) is 16.7. The van der Waals surface area contributed by atoms with E-state index in [9.17, 15) is 0 Å². The number of hydrogen-bond donors (Lipinski definition) is 0. The van der Waals surface area contributed by atoms with Crippen molar-refractivity contribution in [3.05, 3.63) is 0 Å². The van der Waals surface area contributed by atoms with Crippen molar-refractivity contribution in [3.63, 3.8) is 0 Å². The maximum absolute atomic E-state index is 3.75. The molecule has 0 nitrogen and oxygen atoms in total. The van der Waals surface area contributed by atoms with Crippen molar-refractivity contribution >= 4 is 15.8 Å². The molecular weight excluding hydrogens is 505 g/mol. The van der Waals surface area contributed by atoms with Gasteiger partial charge in [-0.05, 0) is 0 Å².